The van der Waals surface area contributed by atoms with Gasteiger partial charge in [0.1, 0.15) is 5.78 Å². The molecular weight excluding hydrogens is 310 g/mol. The maximum absolute atomic E-state index is 12.4. The van der Waals surface area contributed by atoms with Gasteiger partial charge in [-0.25, -0.2) is 8.42 Å². The fourth-order valence-corrected chi connectivity index (χ4v) is 4.21. The van der Waals surface area contributed by atoms with Crippen LogP contribution in [0.4, 0.5) is 0 Å². The highest BCUT2D eigenvalue weighted by molar-refractivity contribution is 7.94. The predicted octanol–water partition coefficient (Wildman–Crippen LogP) is 3.18. The average Bonchev–Trinajstić information content (AvgIpc) is 2.43. The first-order valence-electron chi connectivity index (χ1n) is 7.73. The van der Waals surface area contributed by atoms with E-state index < -0.39 is 20.7 Å². The molecule has 1 heterocycles. The summed E-state index contributed by atoms with van der Waals surface area (Å²) in [7, 11) is -3.47. The summed E-state index contributed by atoms with van der Waals surface area (Å²) in [6, 6.07) is 6.80. The lowest BCUT2D eigenvalue weighted by Crippen LogP contribution is -2.53. The summed E-state index contributed by atoms with van der Waals surface area (Å²) in [4.78, 5) is 14.6. The molecule has 1 aromatic rings. The van der Waals surface area contributed by atoms with Crippen LogP contribution in [0.15, 0.2) is 40.8 Å². The molecule has 0 bridgehead atoms. The number of ketones is 1. The van der Waals surface area contributed by atoms with E-state index in [0.717, 1.165) is 5.56 Å². The van der Waals surface area contributed by atoms with Gasteiger partial charge in [-0.2, -0.15) is 0 Å². The molecule has 0 unspecified atom stereocenters. The third kappa shape index (κ3) is 3.83. The van der Waals surface area contributed by atoms with Crippen LogP contribution in [0.5, 0.6) is 0 Å². The van der Waals surface area contributed by atoms with E-state index in [1.807, 2.05) is 39.5 Å². The zero-order chi connectivity index (χ0) is 17.5. The van der Waals surface area contributed by atoms with Crippen molar-refractivity contribution in [3.05, 3.63) is 41.4 Å². The number of hydrogen-bond acceptors (Lipinski definition) is 4. The molecule has 0 saturated carbocycles. The van der Waals surface area contributed by atoms with E-state index in [-0.39, 0.29) is 10.7 Å². The molecule has 1 fully saturated rings. The fraction of sp³-hybridized carbons (Fsp3) is 0.500. The quantitative estimate of drug-likeness (QED) is 0.851. The van der Waals surface area contributed by atoms with Crippen LogP contribution < -0.4 is 0 Å². The highest BCUT2D eigenvalue weighted by Gasteiger charge is 2.45. The van der Waals surface area contributed by atoms with Crippen molar-refractivity contribution in [2.24, 2.45) is 10.8 Å². The van der Waals surface area contributed by atoms with Gasteiger partial charge in [0.05, 0.1) is 10.3 Å². The van der Waals surface area contributed by atoms with Gasteiger partial charge in [0.2, 0.25) is 9.84 Å². The number of nitrogens with zero attached hydrogens (tertiary/aromatic N) is 1. The minimum atomic E-state index is -3.47. The van der Waals surface area contributed by atoms with Crippen LogP contribution in [-0.4, -0.2) is 32.2 Å². The van der Waals surface area contributed by atoms with E-state index in [2.05, 4.69) is 0 Å². The number of likely N-dealkylation sites (tertiary alicyclic amines) is 1. The molecule has 0 aromatic heterocycles. The lowest BCUT2D eigenvalue weighted by molar-refractivity contribution is -0.141. The standard InChI is InChI=1S/C18H25NO3S/c1-14-6-8-15(9-7-14)23(21,22)11-10-19-12-17(2,3)16(20)18(4,5)13-19/h6-11H,12-13H2,1-5H3/b11-10+. The summed E-state index contributed by atoms with van der Waals surface area (Å²) < 4.78 is 24.8. The van der Waals surface area contributed by atoms with Crippen molar-refractivity contribution < 1.29 is 13.2 Å². The van der Waals surface area contributed by atoms with Gasteiger partial charge in [0, 0.05) is 30.1 Å². The molecule has 23 heavy (non-hydrogen) atoms. The van der Waals surface area contributed by atoms with Gasteiger partial charge in [-0.05, 0) is 19.1 Å². The zero-order valence-corrected chi connectivity index (χ0v) is 15.3. The Morgan fingerprint density at radius 1 is 1.00 bits per heavy atom. The number of aryl methyl sites for hydroxylation is 1. The number of Topliss-reactive ketones (excluding diaryl/α,β-unsaturated/α-hetero) is 1. The van der Waals surface area contributed by atoms with Gasteiger partial charge in [-0.1, -0.05) is 45.4 Å². The van der Waals surface area contributed by atoms with Gasteiger partial charge >= 0.3 is 0 Å². The number of benzene rings is 1. The van der Waals surface area contributed by atoms with Crippen molar-refractivity contribution in [3.8, 4) is 0 Å². The molecule has 2 rings (SSSR count). The molecule has 1 saturated heterocycles. The molecule has 0 N–H and O–H groups in total. The van der Waals surface area contributed by atoms with Crippen molar-refractivity contribution >= 4 is 15.6 Å². The Morgan fingerprint density at radius 3 is 1.96 bits per heavy atom. The Hall–Kier alpha value is -1.62. The Labute approximate surface area is 139 Å². The normalized spacial score (nSPS) is 20.9. The number of carbonyl (C=O) groups excluding carboxylic acids is 1. The molecule has 0 aliphatic carbocycles. The van der Waals surface area contributed by atoms with Gasteiger partial charge in [-0.3, -0.25) is 4.79 Å². The second kappa shape index (κ2) is 5.78. The number of hydrogen-bond donors (Lipinski definition) is 0. The summed E-state index contributed by atoms with van der Waals surface area (Å²) in [5, 5.41) is 1.24. The van der Waals surface area contributed by atoms with Gasteiger partial charge in [0.15, 0.2) is 0 Å². The minimum absolute atomic E-state index is 0.219. The molecule has 126 valence electrons. The Bertz CT molecular complexity index is 708. The summed E-state index contributed by atoms with van der Waals surface area (Å²) in [5.41, 5.74) is 0.0466. The monoisotopic (exact) mass is 335 g/mol. The smallest absolute Gasteiger partial charge is 0.201 e. The first kappa shape index (κ1) is 17.7. The van der Waals surface area contributed by atoms with E-state index in [1.54, 1.807) is 30.5 Å². The van der Waals surface area contributed by atoms with Crippen LogP contribution in [-0.2, 0) is 14.6 Å². The molecule has 4 nitrogen and oxygen atoms in total. The first-order chi connectivity index (χ1) is 10.4. The van der Waals surface area contributed by atoms with E-state index in [0.29, 0.717) is 13.1 Å². The average molecular weight is 335 g/mol. The lowest BCUT2D eigenvalue weighted by Gasteiger charge is -2.45. The van der Waals surface area contributed by atoms with E-state index in [4.69, 9.17) is 0 Å². The fourth-order valence-electron chi connectivity index (χ4n) is 3.21. The molecule has 0 amide bonds. The maximum Gasteiger partial charge on any atom is 0.201 e. The molecule has 0 spiro atoms. The number of carbonyl (C=O) groups is 1. The molecule has 1 aliphatic rings. The van der Waals surface area contributed by atoms with E-state index >= 15 is 0 Å². The lowest BCUT2D eigenvalue weighted by atomic mass is 9.70. The van der Waals surface area contributed by atoms with Gasteiger partial charge in [0.25, 0.3) is 0 Å². The number of piperidine rings is 1. The van der Waals surface area contributed by atoms with Crippen LogP contribution in [0.2, 0.25) is 0 Å². The van der Waals surface area contributed by atoms with Gasteiger partial charge in [-0.15, -0.1) is 0 Å². The summed E-state index contributed by atoms with van der Waals surface area (Å²) in [5.74, 6) is 0.219. The molecule has 0 radical (unpaired) electrons. The molecular formula is C18H25NO3S. The van der Waals surface area contributed by atoms with Crippen molar-refractivity contribution in [2.45, 2.75) is 39.5 Å². The SMILES string of the molecule is Cc1ccc(S(=O)(=O)/C=C/N2CC(C)(C)C(=O)C(C)(C)C2)cc1. The second-order valence-corrected chi connectivity index (χ2v) is 9.48. The molecule has 1 aliphatic heterocycles. The predicted molar refractivity (Wildman–Crippen MR) is 91.6 cm³/mol. The van der Waals surface area contributed by atoms with Crippen molar-refractivity contribution in [2.75, 3.05) is 13.1 Å². The summed E-state index contributed by atoms with van der Waals surface area (Å²) in [6.07, 6.45) is 1.60. The van der Waals surface area contributed by atoms with Crippen LogP contribution in [0.1, 0.15) is 33.3 Å². The van der Waals surface area contributed by atoms with Crippen LogP contribution in [0.25, 0.3) is 0 Å². The summed E-state index contributed by atoms with van der Waals surface area (Å²) in [6.45, 7) is 10.6. The molecule has 1 aromatic carbocycles. The zero-order valence-electron chi connectivity index (χ0n) is 14.5. The van der Waals surface area contributed by atoms with Crippen molar-refractivity contribution in [1.82, 2.24) is 4.90 Å². The number of sulfone groups is 1. The van der Waals surface area contributed by atoms with Gasteiger partial charge < -0.3 is 4.90 Å². The Balaban J connectivity index is 2.22. The van der Waals surface area contributed by atoms with E-state index in [9.17, 15) is 13.2 Å². The third-order valence-electron chi connectivity index (χ3n) is 4.23. The third-order valence-corrected chi connectivity index (χ3v) is 5.64. The first-order valence-corrected chi connectivity index (χ1v) is 9.28. The molecule has 0 atom stereocenters. The highest BCUT2D eigenvalue weighted by atomic mass is 32.2. The Kier molecular flexibility index (Phi) is 4.46. The molecule has 5 heteroatoms. The topological polar surface area (TPSA) is 54.5 Å². The van der Waals surface area contributed by atoms with E-state index in [1.165, 1.54) is 5.41 Å². The number of rotatable bonds is 3. The Morgan fingerprint density at radius 2 is 1.48 bits per heavy atom. The van der Waals surface area contributed by atoms with Crippen molar-refractivity contribution in [1.29, 1.82) is 0 Å². The van der Waals surface area contributed by atoms with Crippen LogP contribution in [0, 0.1) is 17.8 Å². The van der Waals surface area contributed by atoms with Crippen LogP contribution in [0.3, 0.4) is 0 Å². The largest absolute Gasteiger partial charge is 0.375 e. The van der Waals surface area contributed by atoms with Crippen molar-refractivity contribution in [3.63, 3.8) is 0 Å². The maximum atomic E-state index is 12.4. The highest BCUT2D eigenvalue weighted by Crippen LogP contribution is 2.36. The minimum Gasteiger partial charge on any atom is -0.375 e. The summed E-state index contributed by atoms with van der Waals surface area (Å²) >= 11 is 0. The second-order valence-electron chi connectivity index (χ2n) is 7.65. The van der Waals surface area contributed by atoms with Crippen LogP contribution >= 0.6 is 0 Å².